The van der Waals surface area contributed by atoms with Crippen LogP contribution in [0.15, 0.2) is 48.5 Å². The fourth-order valence-electron chi connectivity index (χ4n) is 4.07. The van der Waals surface area contributed by atoms with Crippen LogP contribution in [0.3, 0.4) is 0 Å². The number of aryl methyl sites for hydroxylation is 2. The Balaban J connectivity index is 1.43. The molecule has 1 aliphatic rings. The Bertz CT molecular complexity index is 1250. The molecule has 2 amide bonds. The van der Waals surface area contributed by atoms with Crippen LogP contribution in [0.25, 0.3) is 6.08 Å². The molecule has 1 aliphatic heterocycles. The minimum Gasteiger partial charge on any atom is -0.346 e. The number of aromatic nitrogens is 2. The van der Waals surface area contributed by atoms with Gasteiger partial charge < -0.3 is 10.6 Å². The summed E-state index contributed by atoms with van der Waals surface area (Å²) >= 11 is 6.29. The van der Waals surface area contributed by atoms with Crippen LogP contribution >= 0.6 is 11.6 Å². The van der Waals surface area contributed by atoms with Gasteiger partial charge in [-0.1, -0.05) is 41.9 Å². The first kappa shape index (κ1) is 22.8. The van der Waals surface area contributed by atoms with Gasteiger partial charge in [0.2, 0.25) is 11.8 Å². The fraction of sp³-hybridized carbons (Fsp3) is 0.269. The molecule has 0 fully saturated rings. The van der Waals surface area contributed by atoms with Gasteiger partial charge in [0.25, 0.3) is 0 Å². The van der Waals surface area contributed by atoms with Gasteiger partial charge in [0.1, 0.15) is 0 Å². The molecule has 170 valence electrons. The molecule has 1 aromatic heterocycles. The lowest BCUT2D eigenvalue weighted by atomic mass is 9.98. The monoisotopic (exact) mass is 462 g/mol. The summed E-state index contributed by atoms with van der Waals surface area (Å²) < 4.78 is 1.91. The van der Waals surface area contributed by atoms with Crippen LogP contribution in [0.2, 0.25) is 5.02 Å². The standard InChI is InChI=1S/C26H27ClN4O2/c1-16(19-8-11-24-20(14-19)9-12-26(33)29-24)28-25(32)13-10-22-17(2)30-31(18(22)3)15-21-6-4-5-7-23(21)27/h4-8,10-11,13-14,16H,9,12,15H2,1-3H3,(H,28,32)(H,29,33)/b13-10+. The average molecular weight is 463 g/mol. The molecule has 0 saturated carbocycles. The van der Waals surface area contributed by atoms with Crippen molar-refractivity contribution in [2.45, 2.75) is 46.2 Å². The van der Waals surface area contributed by atoms with Crippen molar-refractivity contribution in [2.75, 3.05) is 5.32 Å². The topological polar surface area (TPSA) is 76.0 Å². The van der Waals surface area contributed by atoms with E-state index in [1.807, 2.05) is 67.9 Å². The molecule has 4 rings (SSSR count). The first-order chi connectivity index (χ1) is 15.8. The van der Waals surface area contributed by atoms with Gasteiger partial charge in [0.15, 0.2) is 0 Å². The zero-order valence-corrected chi connectivity index (χ0v) is 19.7. The number of nitrogens with one attached hydrogen (secondary N) is 2. The highest BCUT2D eigenvalue weighted by atomic mass is 35.5. The highest BCUT2D eigenvalue weighted by molar-refractivity contribution is 6.31. The summed E-state index contributed by atoms with van der Waals surface area (Å²) in [6.45, 7) is 6.44. The Hall–Kier alpha value is -3.38. The molecule has 7 heteroatoms. The molecule has 33 heavy (non-hydrogen) atoms. The molecular weight excluding hydrogens is 436 g/mol. The number of carbonyl (C=O) groups is 2. The third-order valence-corrected chi connectivity index (χ3v) is 6.37. The summed E-state index contributed by atoms with van der Waals surface area (Å²) in [4.78, 5) is 24.1. The second-order valence-electron chi connectivity index (χ2n) is 8.36. The third kappa shape index (κ3) is 5.17. The summed E-state index contributed by atoms with van der Waals surface area (Å²) in [5.41, 5.74) is 6.71. The number of hydrogen-bond donors (Lipinski definition) is 2. The van der Waals surface area contributed by atoms with E-state index in [0.29, 0.717) is 24.4 Å². The maximum atomic E-state index is 12.6. The van der Waals surface area contributed by atoms with Gasteiger partial charge in [-0.05, 0) is 62.1 Å². The van der Waals surface area contributed by atoms with Gasteiger partial charge in [-0.25, -0.2) is 0 Å². The Morgan fingerprint density at radius 2 is 2.03 bits per heavy atom. The summed E-state index contributed by atoms with van der Waals surface area (Å²) in [7, 11) is 0. The van der Waals surface area contributed by atoms with Crippen LogP contribution in [-0.4, -0.2) is 21.6 Å². The summed E-state index contributed by atoms with van der Waals surface area (Å²) in [6.07, 6.45) is 4.56. The van der Waals surface area contributed by atoms with Crippen molar-refractivity contribution in [1.29, 1.82) is 0 Å². The molecular formula is C26H27ClN4O2. The van der Waals surface area contributed by atoms with Crippen molar-refractivity contribution in [3.63, 3.8) is 0 Å². The van der Waals surface area contributed by atoms with Crippen LogP contribution in [0.1, 0.15) is 53.0 Å². The molecule has 6 nitrogen and oxygen atoms in total. The summed E-state index contributed by atoms with van der Waals surface area (Å²) in [6, 6.07) is 13.4. The Kier molecular flexibility index (Phi) is 6.65. The van der Waals surface area contributed by atoms with E-state index in [2.05, 4.69) is 21.8 Å². The quantitative estimate of drug-likeness (QED) is 0.507. The van der Waals surface area contributed by atoms with Gasteiger partial charge in [-0.15, -0.1) is 0 Å². The maximum absolute atomic E-state index is 12.6. The highest BCUT2D eigenvalue weighted by Crippen LogP contribution is 2.26. The van der Waals surface area contributed by atoms with E-state index in [0.717, 1.165) is 39.3 Å². The first-order valence-electron chi connectivity index (χ1n) is 11.0. The van der Waals surface area contributed by atoms with Gasteiger partial charge in [0, 0.05) is 34.5 Å². The van der Waals surface area contributed by atoms with Crippen LogP contribution in [0.5, 0.6) is 0 Å². The number of nitrogens with zero attached hydrogens (tertiary/aromatic N) is 2. The lowest BCUT2D eigenvalue weighted by Crippen LogP contribution is -2.25. The fourth-order valence-corrected chi connectivity index (χ4v) is 4.27. The zero-order valence-electron chi connectivity index (χ0n) is 19.0. The number of halogens is 1. The van der Waals surface area contributed by atoms with Gasteiger partial charge in [0.05, 0.1) is 18.3 Å². The second kappa shape index (κ2) is 9.63. The van der Waals surface area contributed by atoms with Crippen molar-refractivity contribution < 1.29 is 9.59 Å². The lowest BCUT2D eigenvalue weighted by Gasteiger charge is -2.20. The SMILES string of the molecule is Cc1nn(Cc2ccccc2Cl)c(C)c1/C=C/C(=O)NC(C)c1ccc2c(c1)CCC(=O)N2. The van der Waals surface area contributed by atoms with E-state index in [-0.39, 0.29) is 17.9 Å². The number of anilines is 1. The van der Waals surface area contributed by atoms with E-state index in [1.54, 1.807) is 6.08 Å². The van der Waals surface area contributed by atoms with Crippen molar-refractivity contribution in [2.24, 2.45) is 0 Å². The molecule has 0 radical (unpaired) electrons. The Labute approximate surface area is 198 Å². The highest BCUT2D eigenvalue weighted by Gasteiger charge is 2.17. The molecule has 1 atom stereocenters. The minimum atomic E-state index is -0.175. The van der Waals surface area contributed by atoms with E-state index in [4.69, 9.17) is 11.6 Å². The van der Waals surface area contributed by atoms with Gasteiger partial charge in [-0.3, -0.25) is 14.3 Å². The number of rotatable bonds is 6. The number of amides is 2. The van der Waals surface area contributed by atoms with Gasteiger partial charge in [-0.2, -0.15) is 5.10 Å². The van der Waals surface area contributed by atoms with Crippen molar-refractivity contribution in [1.82, 2.24) is 15.1 Å². The van der Waals surface area contributed by atoms with Gasteiger partial charge >= 0.3 is 0 Å². The van der Waals surface area contributed by atoms with E-state index in [9.17, 15) is 9.59 Å². The van der Waals surface area contributed by atoms with Crippen molar-refractivity contribution in [3.8, 4) is 0 Å². The third-order valence-electron chi connectivity index (χ3n) is 6.00. The molecule has 3 aromatic rings. The number of hydrogen-bond acceptors (Lipinski definition) is 3. The second-order valence-corrected chi connectivity index (χ2v) is 8.77. The smallest absolute Gasteiger partial charge is 0.244 e. The maximum Gasteiger partial charge on any atom is 0.244 e. The van der Waals surface area contributed by atoms with Crippen molar-refractivity contribution >= 4 is 35.2 Å². The average Bonchev–Trinajstić information content (AvgIpc) is 3.05. The summed E-state index contributed by atoms with van der Waals surface area (Å²) in [5, 5.41) is 11.2. The van der Waals surface area contributed by atoms with E-state index in [1.165, 1.54) is 0 Å². The number of carbonyl (C=O) groups excluding carboxylic acids is 2. The molecule has 2 heterocycles. The van der Waals surface area contributed by atoms with Crippen LogP contribution in [0.4, 0.5) is 5.69 Å². The predicted molar refractivity (Wildman–Crippen MR) is 131 cm³/mol. The van der Waals surface area contributed by atoms with Crippen LogP contribution in [0, 0.1) is 13.8 Å². The molecule has 0 saturated heterocycles. The minimum absolute atomic E-state index is 0.0440. The van der Waals surface area contributed by atoms with E-state index < -0.39 is 0 Å². The molecule has 0 spiro atoms. The zero-order chi connectivity index (χ0) is 23.5. The van der Waals surface area contributed by atoms with Crippen LogP contribution in [-0.2, 0) is 22.6 Å². The number of fused-ring (bicyclic) bond motifs is 1. The molecule has 0 bridgehead atoms. The predicted octanol–water partition coefficient (Wildman–Crippen LogP) is 4.98. The number of benzene rings is 2. The molecule has 2 N–H and O–H groups in total. The molecule has 1 unspecified atom stereocenters. The molecule has 0 aliphatic carbocycles. The Morgan fingerprint density at radius 1 is 1.24 bits per heavy atom. The van der Waals surface area contributed by atoms with E-state index >= 15 is 0 Å². The largest absolute Gasteiger partial charge is 0.346 e. The normalized spacial score (nSPS) is 14.1. The molecule has 2 aromatic carbocycles. The van der Waals surface area contributed by atoms with Crippen LogP contribution < -0.4 is 10.6 Å². The summed E-state index contributed by atoms with van der Waals surface area (Å²) in [5.74, 6) is -0.131. The Morgan fingerprint density at radius 3 is 2.82 bits per heavy atom. The lowest BCUT2D eigenvalue weighted by molar-refractivity contribution is -0.117. The first-order valence-corrected chi connectivity index (χ1v) is 11.4. The van der Waals surface area contributed by atoms with Crippen molar-refractivity contribution in [3.05, 3.63) is 87.2 Å².